The molecule has 1 fully saturated rings. The number of halogens is 1. The van der Waals surface area contributed by atoms with Crippen molar-refractivity contribution < 1.29 is 14.3 Å². The van der Waals surface area contributed by atoms with Crippen LogP contribution in [-0.4, -0.2) is 59.2 Å². The van der Waals surface area contributed by atoms with E-state index in [2.05, 4.69) is 0 Å². The van der Waals surface area contributed by atoms with Crippen molar-refractivity contribution in [2.75, 3.05) is 26.2 Å². The lowest BCUT2D eigenvalue weighted by molar-refractivity contribution is 0.0390. The summed E-state index contributed by atoms with van der Waals surface area (Å²) in [7, 11) is 0. The molecule has 1 unspecified atom stereocenters. The van der Waals surface area contributed by atoms with Gasteiger partial charge in [0.1, 0.15) is 6.17 Å². The molecule has 2 heterocycles. The van der Waals surface area contributed by atoms with E-state index in [0.717, 1.165) is 28.6 Å². The number of ether oxygens (including phenoxy) is 1. The number of nitrogens with zero attached hydrogens (tertiary/aromatic N) is 3. The van der Waals surface area contributed by atoms with E-state index < -0.39 is 12.3 Å². The summed E-state index contributed by atoms with van der Waals surface area (Å²) in [6.07, 6.45) is -0.317. The average Bonchev–Trinajstić information content (AvgIpc) is 2.84. The molecule has 1 aliphatic rings. The van der Waals surface area contributed by atoms with Gasteiger partial charge in [0.2, 0.25) is 0 Å². The van der Waals surface area contributed by atoms with Crippen LogP contribution in [0.2, 0.25) is 5.02 Å². The lowest BCUT2D eigenvalue weighted by Crippen LogP contribution is -2.60. The first kappa shape index (κ1) is 23.0. The number of piperazine rings is 1. The van der Waals surface area contributed by atoms with Crippen molar-refractivity contribution in [2.45, 2.75) is 26.4 Å². The molecule has 4 rings (SSSR count). The number of rotatable bonds is 4. The van der Waals surface area contributed by atoms with Crippen molar-refractivity contribution in [1.29, 1.82) is 0 Å². The number of carbonyl (C=O) groups excluding carboxylic acids is 2. The summed E-state index contributed by atoms with van der Waals surface area (Å²) < 4.78 is 5.18. The van der Waals surface area contributed by atoms with Gasteiger partial charge in [0.25, 0.3) is 5.91 Å². The molecule has 0 spiro atoms. The Morgan fingerprint density at radius 2 is 1.94 bits per heavy atom. The second-order valence-corrected chi connectivity index (χ2v) is 8.50. The second kappa shape index (κ2) is 9.77. The molecule has 1 saturated heterocycles. The van der Waals surface area contributed by atoms with Gasteiger partial charge in [0, 0.05) is 29.6 Å². The minimum Gasteiger partial charge on any atom is -0.449 e. The minimum atomic E-state index is -0.618. The van der Waals surface area contributed by atoms with Crippen LogP contribution in [0, 0.1) is 6.92 Å². The van der Waals surface area contributed by atoms with Crippen LogP contribution >= 0.6 is 11.6 Å². The van der Waals surface area contributed by atoms with Crippen LogP contribution in [0.3, 0.4) is 0 Å². The van der Waals surface area contributed by atoms with Gasteiger partial charge in [-0.05, 0) is 31.0 Å². The molecule has 2 amide bonds. The van der Waals surface area contributed by atoms with Gasteiger partial charge in [-0.15, -0.1) is 0 Å². The van der Waals surface area contributed by atoms with E-state index in [0.29, 0.717) is 35.8 Å². The number of hydrogen-bond acceptors (Lipinski definition) is 5. The predicted octanol–water partition coefficient (Wildman–Crippen LogP) is 4.45. The van der Waals surface area contributed by atoms with Crippen LogP contribution in [-0.2, 0) is 4.74 Å². The Morgan fingerprint density at radius 3 is 2.64 bits per heavy atom. The fourth-order valence-corrected chi connectivity index (χ4v) is 4.26. The number of pyridine rings is 1. The molecule has 33 heavy (non-hydrogen) atoms. The van der Waals surface area contributed by atoms with Gasteiger partial charge in [0.05, 0.1) is 29.4 Å². The van der Waals surface area contributed by atoms with Gasteiger partial charge in [-0.25, -0.2) is 9.78 Å². The van der Waals surface area contributed by atoms with Crippen LogP contribution < -0.4 is 5.73 Å². The second-order valence-electron chi connectivity index (χ2n) is 8.12. The Balaban J connectivity index is 1.58. The Bertz CT molecular complexity index is 1190. The summed E-state index contributed by atoms with van der Waals surface area (Å²) in [5.41, 5.74) is 9.98. The summed E-state index contributed by atoms with van der Waals surface area (Å²) in [5, 5.41) is 1.42. The molecular weight excluding hydrogens is 440 g/mol. The van der Waals surface area contributed by atoms with Crippen LogP contribution in [0.4, 0.5) is 4.79 Å². The first-order valence-corrected chi connectivity index (χ1v) is 11.4. The standard InChI is InChI=1S/C25H27ClN4O3/c1-3-13-33-25(32)30-12-11-29(15-21(30)27)24(31)18-9-10-19-20(14-18)28-23(16(2)22(19)26)17-7-5-4-6-8-17/h4-10,14,21H,3,11-13,15,27H2,1-2H3. The van der Waals surface area contributed by atoms with Gasteiger partial charge in [-0.3, -0.25) is 9.69 Å². The maximum atomic E-state index is 13.2. The van der Waals surface area contributed by atoms with Gasteiger partial charge in [-0.2, -0.15) is 0 Å². The van der Waals surface area contributed by atoms with E-state index >= 15 is 0 Å². The van der Waals surface area contributed by atoms with Crippen molar-refractivity contribution in [2.24, 2.45) is 5.73 Å². The zero-order valence-corrected chi connectivity index (χ0v) is 19.5. The van der Waals surface area contributed by atoms with E-state index in [4.69, 9.17) is 27.1 Å². The number of amides is 2. The van der Waals surface area contributed by atoms with Crippen molar-refractivity contribution in [3.05, 3.63) is 64.7 Å². The monoisotopic (exact) mass is 466 g/mol. The molecule has 8 heteroatoms. The maximum Gasteiger partial charge on any atom is 0.411 e. The molecule has 1 atom stereocenters. The third-order valence-electron chi connectivity index (χ3n) is 5.82. The molecule has 2 aromatic carbocycles. The van der Waals surface area contributed by atoms with Crippen molar-refractivity contribution in [1.82, 2.24) is 14.8 Å². The quantitative estimate of drug-likeness (QED) is 0.613. The highest BCUT2D eigenvalue weighted by Gasteiger charge is 2.31. The maximum absolute atomic E-state index is 13.2. The molecule has 2 N–H and O–H groups in total. The van der Waals surface area contributed by atoms with Crippen LogP contribution in [0.5, 0.6) is 0 Å². The molecule has 172 valence electrons. The first-order chi connectivity index (χ1) is 15.9. The largest absolute Gasteiger partial charge is 0.449 e. The van der Waals surface area contributed by atoms with E-state index in [1.807, 2.05) is 50.2 Å². The summed E-state index contributed by atoms with van der Waals surface area (Å²) >= 11 is 6.66. The van der Waals surface area contributed by atoms with E-state index in [1.54, 1.807) is 17.0 Å². The molecule has 0 radical (unpaired) electrons. The normalized spacial score (nSPS) is 16.2. The molecule has 0 bridgehead atoms. The van der Waals surface area contributed by atoms with E-state index in [-0.39, 0.29) is 12.5 Å². The molecule has 1 aromatic heterocycles. The summed E-state index contributed by atoms with van der Waals surface area (Å²) in [6.45, 7) is 5.16. The van der Waals surface area contributed by atoms with E-state index in [1.165, 1.54) is 4.90 Å². The predicted molar refractivity (Wildman–Crippen MR) is 129 cm³/mol. The van der Waals surface area contributed by atoms with Crippen LogP contribution in [0.15, 0.2) is 48.5 Å². The molecule has 0 aliphatic carbocycles. The Kier molecular flexibility index (Phi) is 6.81. The van der Waals surface area contributed by atoms with Crippen molar-refractivity contribution in [3.8, 4) is 11.3 Å². The third kappa shape index (κ3) is 4.65. The first-order valence-electron chi connectivity index (χ1n) is 11.0. The Hall–Kier alpha value is -3.16. The fraction of sp³-hybridized carbons (Fsp3) is 0.320. The summed E-state index contributed by atoms with van der Waals surface area (Å²) in [6, 6.07) is 15.2. The van der Waals surface area contributed by atoms with Gasteiger partial charge in [0.15, 0.2) is 0 Å². The average molecular weight is 467 g/mol. The van der Waals surface area contributed by atoms with Crippen molar-refractivity contribution in [3.63, 3.8) is 0 Å². The molecule has 7 nitrogen and oxygen atoms in total. The zero-order chi connectivity index (χ0) is 23.5. The third-order valence-corrected chi connectivity index (χ3v) is 6.30. The zero-order valence-electron chi connectivity index (χ0n) is 18.8. The van der Waals surface area contributed by atoms with Gasteiger partial charge >= 0.3 is 6.09 Å². The SMILES string of the molecule is CCCOC(=O)N1CCN(C(=O)c2ccc3c(Cl)c(C)c(-c4ccccc4)nc3c2)CC1N. The molecule has 1 aliphatic heterocycles. The lowest BCUT2D eigenvalue weighted by atomic mass is 10.0. The molecule has 0 saturated carbocycles. The van der Waals surface area contributed by atoms with Crippen molar-refractivity contribution >= 4 is 34.5 Å². The number of aromatic nitrogens is 1. The number of nitrogens with two attached hydrogens (primary N) is 1. The lowest BCUT2D eigenvalue weighted by Gasteiger charge is -2.38. The highest BCUT2D eigenvalue weighted by molar-refractivity contribution is 6.36. The summed E-state index contributed by atoms with van der Waals surface area (Å²) in [5.74, 6) is -0.159. The number of carbonyl (C=O) groups is 2. The van der Waals surface area contributed by atoms with Crippen LogP contribution in [0.25, 0.3) is 22.2 Å². The topological polar surface area (TPSA) is 88.8 Å². The number of benzene rings is 2. The number of hydrogen-bond donors (Lipinski definition) is 1. The molecular formula is C25H27ClN4O3. The Morgan fingerprint density at radius 1 is 1.18 bits per heavy atom. The number of fused-ring (bicyclic) bond motifs is 1. The van der Waals surface area contributed by atoms with E-state index in [9.17, 15) is 9.59 Å². The van der Waals surface area contributed by atoms with Crippen LogP contribution in [0.1, 0.15) is 29.3 Å². The van der Waals surface area contributed by atoms with Gasteiger partial charge in [-0.1, -0.05) is 54.9 Å². The Labute approximate surface area is 198 Å². The summed E-state index contributed by atoms with van der Waals surface area (Å²) in [4.78, 5) is 33.3. The highest BCUT2D eigenvalue weighted by Crippen LogP contribution is 2.33. The highest BCUT2D eigenvalue weighted by atomic mass is 35.5. The minimum absolute atomic E-state index is 0.159. The van der Waals surface area contributed by atoms with Gasteiger partial charge < -0.3 is 15.4 Å². The fourth-order valence-electron chi connectivity index (χ4n) is 4.01. The smallest absolute Gasteiger partial charge is 0.411 e. The molecule has 3 aromatic rings.